The molecule has 1 unspecified atom stereocenters. The van der Waals surface area contributed by atoms with Gasteiger partial charge in [-0.05, 0) is 11.6 Å². The molecule has 9 heteroatoms. The largest absolute Gasteiger partial charge is 0.635 e. The first-order valence-corrected chi connectivity index (χ1v) is 9.40. The molecule has 2 atom stereocenters. The molecule has 0 aliphatic heterocycles. The van der Waals surface area contributed by atoms with Gasteiger partial charge in [0.1, 0.15) is 17.7 Å². The SMILES string of the molecule is CN(C)C(=O)C(C(=O)N[C@@H](Cc1coc2ccccc12)OB(O)O)c1ccccc1. The van der Waals surface area contributed by atoms with E-state index >= 15 is 0 Å². The summed E-state index contributed by atoms with van der Waals surface area (Å²) >= 11 is 0. The van der Waals surface area contributed by atoms with Crippen LogP contribution in [0.2, 0.25) is 0 Å². The van der Waals surface area contributed by atoms with E-state index in [1.165, 1.54) is 11.2 Å². The molecule has 8 nitrogen and oxygen atoms in total. The topological polar surface area (TPSA) is 112 Å². The monoisotopic (exact) mass is 410 g/mol. The van der Waals surface area contributed by atoms with Crippen LogP contribution in [-0.4, -0.2) is 54.4 Å². The van der Waals surface area contributed by atoms with Gasteiger partial charge in [-0.2, -0.15) is 0 Å². The third-order valence-electron chi connectivity index (χ3n) is 4.64. The van der Waals surface area contributed by atoms with Gasteiger partial charge in [0.15, 0.2) is 0 Å². The van der Waals surface area contributed by atoms with Crippen LogP contribution in [0.5, 0.6) is 0 Å². The first kappa shape index (κ1) is 21.6. The average Bonchev–Trinajstić information content (AvgIpc) is 3.11. The molecular formula is C21H23BN2O6. The number of nitrogens with one attached hydrogen (secondary N) is 1. The molecule has 1 aromatic heterocycles. The number of rotatable bonds is 8. The molecule has 0 saturated heterocycles. The minimum absolute atomic E-state index is 0.109. The van der Waals surface area contributed by atoms with E-state index in [4.69, 9.17) is 9.07 Å². The Bertz CT molecular complexity index is 1000. The molecule has 0 fully saturated rings. The fourth-order valence-electron chi connectivity index (χ4n) is 3.22. The van der Waals surface area contributed by atoms with E-state index < -0.39 is 31.3 Å². The predicted octanol–water partition coefficient (Wildman–Crippen LogP) is 1.28. The summed E-state index contributed by atoms with van der Waals surface area (Å²) in [6.45, 7) is 0. The van der Waals surface area contributed by atoms with Crippen molar-refractivity contribution < 1.29 is 28.7 Å². The van der Waals surface area contributed by atoms with Gasteiger partial charge in [0, 0.05) is 31.5 Å². The summed E-state index contributed by atoms with van der Waals surface area (Å²) in [6, 6.07) is 16.0. The second-order valence-electron chi connectivity index (χ2n) is 7.00. The molecule has 0 aliphatic carbocycles. The molecular weight excluding hydrogens is 387 g/mol. The highest BCUT2D eigenvalue weighted by atomic mass is 16.6. The molecule has 0 aliphatic rings. The molecule has 2 aromatic carbocycles. The van der Waals surface area contributed by atoms with Crippen molar-refractivity contribution in [3.63, 3.8) is 0 Å². The highest BCUT2D eigenvalue weighted by Crippen LogP contribution is 2.23. The molecule has 0 spiro atoms. The number of likely N-dealkylation sites (N-methyl/N-ethyl adjacent to an activating group) is 1. The van der Waals surface area contributed by atoms with E-state index in [1.807, 2.05) is 18.2 Å². The Balaban J connectivity index is 1.85. The zero-order valence-corrected chi connectivity index (χ0v) is 16.7. The van der Waals surface area contributed by atoms with Crippen LogP contribution in [0.15, 0.2) is 65.3 Å². The smallest absolute Gasteiger partial charge is 0.464 e. The Hall–Kier alpha value is -3.14. The minimum atomic E-state index is -2.10. The normalized spacial score (nSPS) is 12.9. The summed E-state index contributed by atoms with van der Waals surface area (Å²) in [6.07, 6.45) is 0.536. The van der Waals surface area contributed by atoms with Crippen molar-refractivity contribution in [2.75, 3.05) is 14.1 Å². The predicted molar refractivity (Wildman–Crippen MR) is 111 cm³/mol. The van der Waals surface area contributed by atoms with E-state index in [9.17, 15) is 19.6 Å². The third kappa shape index (κ3) is 5.07. The number of fused-ring (bicyclic) bond motifs is 1. The van der Waals surface area contributed by atoms with Crippen molar-refractivity contribution in [2.24, 2.45) is 0 Å². The summed E-state index contributed by atoms with van der Waals surface area (Å²) in [4.78, 5) is 27.1. The van der Waals surface area contributed by atoms with Crippen LogP contribution in [0, 0.1) is 0 Å². The van der Waals surface area contributed by atoms with Gasteiger partial charge in [0.25, 0.3) is 0 Å². The van der Waals surface area contributed by atoms with Crippen molar-refractivity contribution in [1.29, 1.82) is 0 Å². The molecule has 156 valence electrons. The van der Waals surface area contributed by atoms with Gasteiger partial charge in [-0.1, -0.05) is 48.5 Å². The number of hydrogen-bond donors (Lipinski definition) is 3. The summed E-state index contributed by atoms with van der Waals surface area (Å²) in [7, 11) is 1.02. The maximum atomic E-state index is 13.0. The number of benzene rings is 2. The molecule has 3 aromatic rings. The average molecular weight is 410 g/mol. The zero-order valence-electron chi connectivity index (χ0n) is 16.7. The lowest BCUT2D eigenvalue weighted by Crippen LogP contribution is -2.47. The van der Waals surface area contributed by atoms with Crippen LogP contribution in [0.25, 0.3) is 11.0 Å². The fourth-order valence-corrected chi connectivity index (χ4v) is 3.22. The lowest BCUT2D eigenvalue weighted by atomic mass is 9.96. The Labute approximate surface area is 174 Å². The lowest BCUT2D eigenvalue weighted by molar-refractivity contribution is -0.137. The second kappa shape index (κ2) is 9.58. The Kier molecular flexibility index (Phi) is 6.89. The van der Waals surface area contributed by atoms with Crippen molar-refractivity contribution in [3.05, 3.63) is 72.0 Å². The summed E-state index contributed by atoms with van der Waals surface area (Å²) in [5, 5.41) is 22.1. The second-order valence-corrected chi connectivity index (χ2v) is 7.00. The molecule has 30 heavy (non-hydrogen) atoms. The van der Waals surface area contributed by atoms with Crippen LogP contribution >= 0.6 is 0 Å². The van der Waals surface area contributed by atoms with Crippen LogP contribution < -0.4 is 5.32 Å². The first-order chi connectivity index (χ1) is 14.4. The number of hydrogen-bond acceptors (Lipinski definition) is 6. The molecule has 3 rings (SSSR count). The highest BCUT2D eigenvalue weighted by molar-refractivity contribution is 6.32. The van der Waals surface area contributed by atoms with Crippen molar-refractivity contribution in [1.82, 2.24) is 10.2 Å². The van der Waals surface area contributed by atoms with E-state index in [0.29, 0.717) is 16.7 Å². The Morgan fingerprint density at radius 2 is 1.77 bits per heavy atom. The number of amides is 2. The van der Waals surface area contributed by atoms with Gasteiger partial charge in [-0.15, -0.1) is 0 Å². The molecule has 1 heterocycles. The van der Waals surface area contributed by atoms with Gasteiger partial charge < -0.3 is 29.3 Å². The van der Waals surface area contributed by atoms with Gasteiger partial charge in [-0.3, -0.25) is 9.59 Å². The summed E-state index contributed by atoms with van der Waals surface area (Å²) in [5.41, 5.74) is 1.89. The van der Waals surface area contributed by atoms with Crippen molar-refractivity contribution >= 4 is 30.1 Å². The minimum Gasteiger partial charge on any atom is -0.464 e. The van der Waals surface area contributed by atoms with E-state index in [0.717, 1.165) is 5.39 Å². The highest BCUT2D eigenvalue weighted by Gasteiger charge is 2.32. The van der Waals surface area contributed by atoms with Crippen molar-refractivity contribution in [2.45, 2.75) is 18.6 Å². The van der Waals surface area contributed by atoms with Crippen LogP contribution in [-0.2, 0) is 20.7 Å². The van der Waals surface area contributed by atoms with Gasteiger partial charge >= 0.3 is 7.32 Å². The first-order valence-electron chi connectivity index (χ1n) is 9.40. The van der Waals surface area contributed by atoms with E-state index in [1.54, 1.807) is 50.5 Å². The molecule has 0 bridgehead atoms. The maximum absolute atomic E-state index is 13.0. The quantitative estimate of drug-likeness (QED) is 0.293. The third-order valence-corrected chi connectivity index (χ3v) is 4.64. The summed E-state index contributed by atoms with van der Waals surface area (Å²) < 4.78 is 10.6. The molecule has 3 N–H and O–H groups in total. The van der Waals surface area contributed by atoms with Gasteiger partial charge in [-0.25, -0.2) is 0 Å². The number of carbonyl (C=O) groups is 2. The lowest BCUT2D eigenvalue weighted by Gasteiger charge is -2.24. The van der Waals surface area contributed by atoms with E-state index in [-0.39, 0.29) is 6.42 Å². The van der Waals surface area contributed by atoms with Crippen LogP contribution in [0.3, 0.4) is 0 Å². The molecule has 0 saturated carbocycles. The van der Waals surface area contributed by atoms with Gasteiger partial charge in [0.2, 0.25) is 11.8 Å². The Morgan fingerprint density at radius 1 is 1.10 bits per heavy atom. The zero-order chi connectivity index (χ0) is 21.7. The molecule has 0 radical (unpaired) electrons. The number of nitrogens with zero attached hydrogens (tertiary/aromatic N) is 1. The van der Waals surface area contributed by atoms with Crippen LogP contribution in [0.1, 0.15) is 17.0 Å². The standard InChI is InChI=1S/C21H23BN2O6/c1-24(2)21(26)19(14-8-4-3-5-9-14)20(25)23-18(30-22(27)28)12-15-13-29-17-11-7-6-10-16(15)17/h3-11,13,18-19,27-28H,12H2,1-2H3,(H,23,25)/t18-,19?/m1/s1. The summed E-state index contributed by atoms with van der Waals surface area (Å²) in [5.74, 6) is -2.13. The van der Waals surface area contributed by atoms with Crippen molar-refractivity contribution in [3.8, 4) is 0 Å². The van der Waals surface area contributed by atoms with Crippen LogP contribution in [0.4, 0.5) is 0 Å². The number of para-hydroxylation sites is 1. The maximum Gasteiger partial charge on any atom is 0.635 e. The Morgan fingerprint density at radius 3 is 2.43 bits per heavy atom. The van der Waals surface area contributed by atoms with Gasteiger partial charge in [0.05, 0.1) is 6.26 Å². The molecule has 2 amide bonds. The fraction of sp³-hybridized carbons (Fsp3) is 0.238. The van der Waals surface area contributed by atoms with E-state index in [2.05, 4.69) is 5.32 Å². The number of furan rings is 1. The number of carbonyl (C=O) groups excluding carboxylic acids is 2.